The summed E-state index contributed by atoms with van der Waals surface area (Å²) in [6.07, 6.45) is 11.5. The lowest BCUT2D eigenvalue weighted by Gasteiger charge is -2.38. The maximum atomic E-state index is 3.73. The molecule has 0 spiro atoms. The van der Waals surface area contributed by atoms with E-state index in [1.165, 1.54) is 12.8 Å². The number of piperidine rings is 1. The molecule has 1 saturated heterocycles. The summed E-state index contributed by atoms with van der Waals surface area (Å²) in [5.74, 6) is 1.44. The molecule has 1 heterocycles. The van der Waals surface area contributed by atoms with Gasteiger partial charge in [-0.3, -0.25) is 0 Å². The molecular formula is C14H24N2. The number of allylic oxidation sites excluding steroid dienone is 2. The summed E-state index contributed by atoms with van der Waals surface area (Å²) >= 11 is 0. The maximum Gasteiger partial charge on any atom is 0.0331 e. The Balaban J connectivity index is 1.84. The van der Waals surface area contributed by atoms with Crippen molar-refractivity contribution in [3.63, 3.8) is 0 Å². The molecule has 2 nitrogen and oxygen atoms in total. The number of fused-ring (bicyclic) bond motifs is 1. The second-order valence-corrected chi connectivity index (χ2v) is 5.36. The second-order valence-electron chi connectivity index (χ2n) is 5.36. The fraction of sp³-hybridized carbons (Fsp3) is 0.714. The van der Waals surface area contributed by atoms with Crippen molar-refractivity contribution in [1.82, 2.24) is 10.6 Å². The molecule has 0 bridgehead atoms. The lowest BCUT2D eigenvalue weighted by Crippen LogP contribution is -2.52. The van der Waals surface area contributed by atoms with Gasteiger partial charge in [-0.1, -0.05) is 38.2 Å². The summed E-state index contributed by atoms with van der Waals surface area (Å²) in [4.78, 5) is 0. The van der Waals surface area contributed by atoms with E-state index >= 15 is 0 Å². The molecule has 1 aliphatic heterocycles. The van der Waals surface area contributed by atoms with Crippen LogP contribution in [0.1, 0.15) is 26.7 Å². The third kappa shape index (κ3) is 2.96. The predicted molar refractivity (Wildman–Crippen MR) is 69.4 cm³/mol. The predicted octanol–water partition coefficient (Wildman–Crippen LogP) is 2.09. The molecule has 0 amide bonds. The zero-order valence-electron chi connectivity index (χ0n) is 10.4. The summed E-state index contributed by atoms with van der Waals surface area (Å²) in [6.45, 7) is 6.87. The molecule has 0 saturated carbocycles. The van der Waals surface area contributed by atoms with Crippen LogP contribution in [-0.4, -0.2) is 25.2 Å². The van der Waals surface area contributed by atoms with Crippen LogP contribution in [0, 0.1) is 11.8 Å². The standard InChI is InChI=1S/C14H24N2/c1-11(2)7-9-15-14-8-10-16-13-6-4-3-5-12(13)14/h3-6,11-16H,7-10H2,1-2H3. The number of hydrogen-bond donors (Lipinski definition) is 2. The van der Waals surface area contributed by atoms with Crippen molar-refractivity contribution in [2.75, 3.05) is 13.1 Å². The van der Waals surface area contributed by atoms with Gasteiger partial charge < -0.3 is 10.6 Å². The Labute approximate surface area is 99.2 Å². The normalized spacial score (nSPS) is 33.1. The van der Waals surface area contributed by atoms with Gasteiger partial charge in [0.05, 0.1) is 0 Å². The van der Waals surface area contributed by atoms with Crippen molar-refractivity contribution in [2.24, 2.45) is 11.8 Å². The summed E-state index contributed by atoms with van der Waals surface area (Å²) in [5.41, 5.74) is 0. The molecule has 2 N–H and O–H groups in total. The van der Waals surface area contributed by atoms with Crippen molar-refractivity contribution in [2.45, 2.75) is 38.8 Å². The van der Waals surface area contributed by atoms with Gasteiger partial charge in [-0.25, -0.2) is 0 Å². The highest BCUT2D eigenvalue weighted by Gasteiger charge is 2.30. The zero-order valence-corrected chi connectivity index (χ0v) is 10.4. The molecule has 2 rings (SSSR count). The van der Waals surface area contributed by atoms with E-state index in [4.69, 9.17) is 0 Å². The van der Waals surface area contributed by atoms with Crippen LogP contribution in [0.2, 0.25) is 0 Å². The van der Waals surface area contributed by atoms with Gasteiger partial charge in [-0.05, 0) is 31.8 Å². The van der Waals surface area contributed by atoms with E-state index in [1.807, 2.05) is 0 Å². The number of nitrogens with one attached hydrogen (secondary N) is 2. The molecular weight excluding hydrogens is 196 g/mol. The molecule has 3 atom stereocenters. The van der Waals surface area contributed by atoms with Crippen LogP contribution in [0.5, 0.6) is 0 Å². The van der Waals surface area contributed by atoms with E-state index in [-0.39, 0.29) is 0 Å². The van der Waals surface area contributed by atoms with Crippen LogP contribution in [0.15, 0.2) is 24.3 Å². The minimum atomic E-state index is 0.551. The van der Waals surface area contributed by atoms with Crippen LogP contribution in [0.25, 0.3) is 0 Å². The molecule has 3 unspecified atom stereocenters. The summed E-state index contributed by atoms with van der Waals surface area (Å²) in [7, 11) is 0. The molecule has 0 aromatic heterocycles. The molecule has 0 radical (unpaired) electrons. The molecule has 0 aromatic carbocycles. The number of rotatable bonds is 4. The largest absolute Gasteiger partial charge is 0.313 e. The Kier molecular flexibility index (Phi) is 4.19. The first-order valence-electron chi connectivity index (χ1n) is 6.59. The van der Waals surface area contributed by atoms with Crippen molar-refractivity contribution >= 4 is 0 Å². The van der Waals surface area contributed by atoms with Gasteiger partial charge in [-0.2, -0.15) is 0 Å². The van der Waals surface area contributed by atoms with Gasteiger partial charge in [0.15, 0.2) is 0 Å². The zero-order chi connectivity index (χ0) is 11.4. The summed E-state index contributed by atoms with van der Waals surface area (Å²) < 4.78 is 0. The third-order valence-electron chi connectivity index (χ3n) is 3.61. The van der Waals surface area contributed by atoms with Gasteiger partial charge in [0, 0.05) is 18.0 Å². The smallest absolute Gasteiger partial charge is 0.0331 e. The number of hydrogen-bond acceptors (Lipinski definition) is 2. The van der Waals surface area contributed by atoms with Crippen molar-refractivity contribution in [1.29, 1.82) is 0 Å². The lowest BCUT2D eigenvalue weighted by atomic mass is 9.83. The van der Waals surface area contributed by atoms with Crippen LogP contribution >= 0.6 is 0 Å². The Morgan fingerprint density at radius 2 is 2.12 bits per heavy atom. The van der Waals surface area contributed by atoms with Gasteiger partial charge in [0.1, 0.15) is 0 Å². The molecule has 1 aliphatic carbocycles. The molecule has 2 aliphatic rings. The van der Waals surface area contributed by atoms with Crippen molar-refractivity contribution in [3.05, 3.63) is 24.3 Å². The lowest BCUT2D eigenvalue weighted by molar-refractivity contribution is 0.277. The minimum absolute atomic E-state index is 0.551. The van der Waals surface area contributed by atoms with E-state index in [0.717, 1.165) is 19.0 Å². The first-order chi connectivity index (χ1) is 7.77. The van der Waals surface area contributed by atoms with E-state index in [1.54, 1.807) is 0 Å². The molecule has 0 aromatic rings. The monoisotopic (exact) mass is 220 g/mol. The first-order valence-corrected chi connectivity index (χ1v) is 6.59. The third-order valence-corrected chi connectivity index (χ3v) is 3.61. The van der Waals surface area contributed by atoms with Gasteiger partial charge in [0.25, 0.3) is 0 Å². The Morgan fingerprint density at radius 1 is 1.31 bits per heavy atom. The highest BCUT2D eigenvalue weighted by molar-refractivity contribution is 5.20. The van der Waals surface area contributed by atoms with E-state index < -0.39 is 0 Å². The fourth-order valence-electron chi connectivity index (χ4n) is 2.61. The van der Waals surface area contributed by atoms with Crippen LogP contribution in [0.3, 0.4) is 0 Å². The average molecular weight is 220 g/mol. The van der Waals surface area contributed by atoms with Gasteiger partial charge in [-0.15, -0.1) is 0 Å². The van der Waals surface area contributed by atoms with Crippen molar-refractivity contribution < 1.29 is 0 Å². The highest BCUT2D eigenvalue weighted by atomic mass is 15.0. The van der Waals surface area contributed by atoms with Crippen LogP contribution in [-0.2, 0) is 0 Å². The average Bonchev–Trinajstić information content (AvgIpc) is 2.29. The summed E-state index contributed by atoms with van der Waals surface area (Å²) in [5, 5.41) is 7.30. The quantitative estimate of drug-likeness (QED) is 0.758. The van der Waals surface area contributed by atoms with Crippen LogP contribution in [0.4, 0.5) is 0 Å². The Bertz CT molecular complexity index is 268. The Hall–Kier alpha value is -0.600. The molecule has 1 fully saturated rings. The molecule has 2 heteroatoms. The highest BCUT2D eigenvalue weighted by Crippen LogP contribution is 2.22. The van der Waals surface area contributed by atoms with E-state index in [2.05, 4.69) is 48.8 Å². The van der Waals surface area contributed by atoms with Crippen molar-refractivity contribution in [3.8, 4) is 0 Å². The fourth-order valence-corrected chi connectivity index (χ4v) is 2.61. The Morgan fingerprint density at radius 3 is 2.94 bits per heavy atom. The van der Waals surface area contributed by atoms with Gasteiger partial charge in [0.2, 0.25) is 0 Å². The maximum absolute atomic E-state index is 3.73. The van der Waals surface area contributed by atoms with E-state index in [9.17, 15) is 0 Å². The second kappa shape index (κ2) is 5.65. The first kappa shape index (κ1) is 11.9. The van der Waals surface area contributed by atoms with E-state index in [0.29, 0.717) is 18.0 Å². The minimum Gasteiger partial charge on any atom is -0.313 e. The van der Waals surface area contributed by atoms with Gasteiger partial charge >= 0.3 is 0 Å². The van der Waals surface area contributed by atoms with Crippen LogP contribution < -0.4 is 10.6 Å². The SMILES string of the molecule is CC(C)CCNC1CCNC2C=CC=CC21. The topological polar surface area (TPSA) is 24.1 Å². The molecule has 90 valence electrons. The molecule has 16 heavy (non-hydrogen) atoms. The summed E-state index contributed by atoms with van der Waals surface area (Å²) in [6, 6.07) is 1.21.